The van der Waals surface area contributed by atoms with Gasteiger partial charge in [-0.25, -0.2) is 4.98 Å². The highest BCUT2D eigenvalue weighted by atomic mass is 35.5. The molecule has 1 atom stereocenters. The van der Waals surface area contributed by atoms with Crippen molar-refractivity contribution in [2.24, 2.45) is 0 Å². The van der Waals surface area contributed by atoms with Crippen LogP contribution in [0.1, 0.15) is 12.8 Å². The zero-order valence-corrected chi connectivity index (χ0v) is 19.2. The summed E-state index contributed by atoms with van der Waals surface area (Å²) in [6.07, 6.45) is 3.55. The van der Waals surface area contributed by atoms with Crippen LogP contribution in [-0.4, -0.2) is 38.9 Å². The topological polar surface area (TPSA) is 86.1 Å². The van der Waals surface area contributed by atoms with Gasteiger partial charge in [0.2, 0.25) is 5.91 Å². The second kappa shape index (κ2) is 9.51. The Kier molecular flexibility index (Phi) is 6.30. The van der Waals surface area contributed by atoms with Crippen molar-refractivity contribution in [1.82, 2.24) is 14.5 Å². The Hall–Kier alpha value is -2.94. The molecule has 0 aliphatic carbocycles. The highest BCUT2D eigenvalue weighted by Crippen LogP contribution is 2.24. The first-order valence-electron chi connectivity index (χ1n) is 10.7. The molecule has 1 unspecified atom stereocenters. The van der Waals surface area contributed by atoms with Gasteiger partial charge in [-0.1, -0.05) is 29.4 Å². The maximum Gasteiger partial charge on any atom is 0.262 e. The van der Waals surface area contributed by atoms with Gasteiger partial charge in [-0.15, -0.1) is 0 Å². The van der Waals surface area contributed by atoms with Crippen LogP contribution in [0, 0.1) is 0 Å². The number of carbonyl (C=O) groups is 1. The second-order valence-electron chi connectivity index (χ2n) is 7.82. The molecule has 1 N–H and O–H groups in total. The monoisotopic (exact) mass is 480 g/mol. The van der Waals surface area contributed by atoms with Crippen LogP contribution in [0.3, 0.4) is 0 Å². The number of amides is 1. The first kappa shape index (κ1) is 21.9. The van der Waals surface area contributed by atoms with E-state index >= 15 is 0 Å². The summed E-state index contributed by atoms with van der Waals surface area (Å²) in [5, 5.41) is 5.29. The summed E-state index contributed by atoms with van der Waals surface area (Å²) >= 11 is 7.34. The smallest absolute Gasteiger partial charge is 0.262 e. The van der Waals surface area contributed by atoms with E-state index in [0.717, 1.165) is 23.7 Å². The van der Waals surface area contributed by atoms with Crippen LogP contribution >= 0.6 is 23.4 Å². The number of hydrogen-bond acceptors (Lipinski definition) is 6. The summed E-state index contributed by atoms with van der Waals surface area (Å²) < 4.78 is 7.36. The molecule has 0 spiro atoms. The molecule has 2 aromatic heterocycles. The van der Waals surface area contributed by atoms with Crippen LogP contribution in [0.25, 0.3) is 21.8 Å². The van der Waals surface area contributed by atoms with E-state index in [1.54, 1.807) is 29.0 Å². The Morgan fingerprint density at radius 3 is 2.94 bits per heavy atom. The third kappa shape index (κ3) is 4.73. The highest BCUT2D eigenvalue weighted by molar-refractivity contribution is 7.99. The van der Waals surface area contributed by atoms with Crippen molar-refractivity contribution < 1.29 is 9.53 Å². The first-order chi connectivity index (χ1) is 16.1. The predicted molar refractivity (Wildman–Crippen MR) is 131 cm³/mol. The summed E-state index contributed by atoms with van der Waals surface area (Å²) in [6.45, 7) is 1.10. The minimum Gasteiger partial charge on any atom is -0.376 e. The number of carbonyl (C=O) groups excluding carboxylic acids is 1. The molecule has 2 aromatic carbocycles. The molecule has 168 valence electrons. The number of hydrogen-bond donors (Lipinski definition) is 1. The number of nitrogens with zero attached hydrogens (tertiary/aromatic N) is 3. The van der Waals surface area contributed by atoms with Crippen LogP contribution in [0.5, 0.6) is 0 Å². The van der Waals surface area contributed by atoms with Crippen LogP contribution in [-0.2, 0) is 16.1 Å². The summed E-state index contributed by atoms with van der Waals surface area (Å²) in [6, 6.07) is 14.4. The van der Waals surface area contributed by atoms with Gasteiger partial charge in [0, 0.05) is 23.2 Å². The summed E-state index contributed by atoms with van der Waals surface area (Å²) in [4.78, 5) is 35.0. The molecular weight excluding hydrogens is 460 g/mol. The predicted octanol–water partition coefficient (Wildman–Crippen LogP) is 4.51. The molecule has 0 bridgehead atoms. The Balaban J connectivity index is 1.41. The number of halogens is 1. The Bertz CT molecular complexity index is 1400. The van der Waals surface area contributed by atoms with E-state index in [9.17, 15) is 9.59 Å². The number of pyridine rings is 1. The number of rotatable bonds is 6. The Morgan fingerprint density at radius 2 is 2.09 bits per heavy atom. The number of ether oxygens (including phenoxy) is 1. The molecule has 1 aliphatic heterocycles. The molecule has 7 nitrogen and oxygen atoms in total. The van der Waals surface area contributed by atoms with E-state index in [0.29, 0.717) is 39.9 Å². The summed E-state index contributed by atoms with van der Waals surface area (Å²) in [5.74, 6) is -0.0961. The van der Waals surface area contributed by atoms with Gasteiger partial charge >= 0.3 is 0 Å². The maximum absolute atomic E-state index is 13.2. The van der Waals surface area contributed by atoms with E-state index in [2.05, 4.69) is 15.3 Å². The quantitative estimate of drug-likeness (QED) is 0.323. The van der Waals surface area contributed by atoms with Gasteiger partial charge in [0.15, 0.2) is 5.16 Å². The van der Waals surface area contributed by atoms with Gasteiger partial charge in [-0.3, -0.25) is 19.1 Å². The first-order valence-corrected chi connectivity index (χ1v) is 12.0. The molecule has 3 heterocycles. The minimum atomic E-state index is -0.194. The van der Waals surface area contributed by atoms with Crippen LogP contribution in [0.4, 0.5) is 5.69 Å². The summed E-state index contributed by atoms with van der Waals surface area (Å²) in [7, 11) is 0. The molecule has 33 heavy (non-hydrogen) atoms. The van der Waals surface area contributed by atoms with Crippen molar-refractivity contribution in [1.29, 1.82) is 0 Å². The van der Waals surface area contributed by atoms with Crippen molar-refractivity contribution in [2.75, 3.05) is 17.7 Å². The zero-order chi connectivity index (χ0) is 22.8. The molecular formula is C24H21ClN4O3S. The lowest BCUT2D eigenvalue weighted by Crippen LogP contribution is -2.29. The van der Waals surface area contributed by atoms with E-state index in [-0.39, 0.29) is 23.3 Å². The fourth-order valence-electron chi connectivity index (χ4n) is 3.97. The second-order valence-corrected chi connectivity index (χ2v) is 9.20. The van der Waals surface area contributed by atoms with Crippen molar-refractivity contribution in [3.63, 3.8) is 0 Å². The van der Waals surface area contributed by atoms with E-state index in [1.165, 1.54) is 11.8 Å². The van der Waals surface area contributed by atoms with Crippen molar-refractivity contribution in [3.8, 4) is 0 Å². The van der Waals surface area contributed by atoms with Gasteiger partial charge in [0.25, 0.3) is 5.56 Å². The fourth-order valence-corrected chi connectivity index (χ4v) is 4.94. The van der Waals surface area contributed by atoms with E-state index in [4.69, 9.17) is 16.3 Å². The Labute approximate surface area is 199 Å². The summed E-state index contributed by atoms with van der Waals surface area (Å²) in [5.41, 5.74) is 1.86. The van der Waals surface area contributed by atoms with Crippen molar-refractivity contribution in [2.45, 2.75) is 30.6 Å². The third-order valence-electron chi connectivity index (χ3n) is 5.54. The molecule has 5 rings (SSSR count). The van der Waals surface area contributed by atoms with Gasteiger partial charge < -0.3 is 10.1 Å². The van der Waals surface area contributed by atoms with E-state index < -0.39 is 0 Å². The molecule has 1 amide bonds. The van der Waals surface area contributed by atoms with Crippen LogP contribution in [0.2, 0.25) is 5.02 Å². The van der Waals surface area contributed by atoms with Crippen LogP contribution in [0.15, 0.2) is 64.7 Å². The van der Waals surface area contributed by atoms with Gasteiger partial charge in [0.05, 0.1) is 40.5 Å². The lowest BCUT2D eigenvalue weighted by Gasteiger charge is -2.16. The van der Waals surface area contributed by atoms with Crippen molar-refractivity contribution >= 4 is 56.8 Å². The number of fused-ring (bicyclic) bond motifs is 2. The lowest BCUT2D eigenvalue weighted by atomic mass is 10.2. The zero-order valence-electron chi connectivity index (χ0n) is 17.7. The number of anilines is 1. The number of aromatic nitrogens is 3. The minimum absolute atomic E-state index is 0.0365. The number of thioether (sulfide) groups is 1. The van der Waals surface area contributed by atoms with Crippen molar-refractivity contribution in [3.05, 3.63) is 70.1 Å². The molecule has 1 aliphatic rings. The molecule has 1 saturated heterocycles. The normalized spacial score (nSPS) is 15.8. The molecule has 4 aromatic rings. The van der Waals surface area contributed by atoms with Gasteiger partial charge in [0.1, 0.15) is 0 Å². The number of nitrogens with one attached hydrogen (secondary N) is 1. The average Bonchev–Trinajstić information content (AvgIpc) is 3.33. The molecule has 1 fully saturated rings. The van der Waals surface area contributed by atoms with Crippen LogP contribution < -0.4 is 10.9 Å². The van der Waals surface area contributed by atoms with Gasteiger partial charge in [-0.2, -0.15) is 0 Å². The standard InChI is InChI=1S/C24H21ClN4O3S/c25-15-8-9-18-21(12-15)28-24(29(23(18)31)13-16-4-3-11-32-16)33-14-22(30)27-20-7-1-6-19-17(20)5-2-10-26-19/h1-2,5-10,12,16H,3-4,11,13-14H2,(H,27,30). The molecule has 0 saturated carbocycles. The lowest BCUT2D eigenvalue weighted by molar-refractivity contribution is -0.113. The third-order valence-corrected chi connectivity index (χ3v) is 6.76. The Morgan fingerprint density at radius 1 is 1.18 bits per heavy atom. The van der Waals surface area contributed by atoms with E-state index in [1.807, 2.05) is 30.3 Å². The number of benzene rings is 2. The SMILES string of the molecule is O=C(CSc1nc2cc(Cl)ccc2c(=O)n1CC1CCCO1)Nc1cccc2ncccc12. The molecule has 9 heteroatoms. The fraction of sp³-hybridized carbons (Fsp3) is 0.250. The molecule has 0 radical (unpaired) electrons. The maximum atomic E-state index is 13.2. The van der Waals surface area contributed by atoms with Gasteiger partial charge in [-0.05, 0) is 55.3 Å². The largest absolute Gasteiger partial charge is 0.376 e. The average molecular weight is 481 g/mol. The highest BCUT2D eigenvalue weighted by Gasteiger charge is 2.21.